The molecule has 1 aromatic heterocycles. The molecule has 2 rings (SSSR count). The molecule has 0 saturated heterocycles. The van der Waals surface area contributed by atoms with Gasteiger partial charge in [0.15, 0.2) is 0 Å². The molecule has 1 unspecified atom stereocenters. The highest BCUT2D eigenvalue weighted by Gasteiger charge is 2.25. The number of aromatic nitrogens is 1. The van der Waals surface area contributed by atoms with E-state index in [0.29, 0.717) is 5.15 Å². The highest BCUT2D eigenvalue weighted by atomic mass is 35.5. The highest BCUT2D eigenvalue weighted by molar-refractivity contribution is 6.30. The van der Waals surface area contributed by atoms with Gasteiger partial charge in [-0.3, -0.25) is 0 Å². The van der Waals surface area contributed by atoms with Gasteiger partial charge >= 0.3 is 0 Å². The van der Waals surface area contributed by atoms with Gasteiger partial charge in [0.2, 0.25) is 0 Å². The molecular formula is C11H12ClNO. The Hall–Kier alpha value is -0.860. The molecule has 1 aromatic rings. The summed E-state index contributed by atoms with van der Waals surface area (Å²) in [4.78, 5) is 4.11. The van der Waals surface area contributed by atoms with E-state index >= 15 is 0 Å². The Kier molecular flexibility index (Phi) is 2.57. The van der Waals surface area contributed by atoms with E-state index < -0.39 is 0 Å². The molecule has 0 spiro atoms. The van der Waals surface area contributed by atoms with Gasteiger partial charge in [-0.05, 0) is 36.0 Å². The molecule has 1 aliphatic carbocycles. The highest BCUT2D eigenvalue weighted by Crippen LogP contribution is 2.36. The van der Waals surface area contributed by atoms with Gasteiger partial charge in [0, 0.05) is 6.20 Å². The van der Waals surface area contributed by atoms with Crippen molar-refractivity contribution in [3.63, 3.8) is 0 Å². The maximum Gasteiger partial charge on any atom is 0.132 e. The molecule has 0 amide bonds. The van der Waals surface area contributed by atoms with Crippen LogP contribution in [0.5, 0.6) is 0 Å². The fraction of sp³-hybridized carbons (Fsp3) is 0.364. The molecule has 0 fully saturated rings. The van der Waals surface area contributed by atoms with Gasteiger partial charge in [-0.1, -0.05) is 17.7 Å². The van der Waals surface area contributed by atoms with E-state index in [1.165, 1.54) is 0 Å². The largest absolute Gasteiger partial charge is 0.388 e. The topological polar surface area (TPSA) is 33.1 Å². The molecule has 1 heterocycles. The summed E-state index contributed by atoms with van der Waals surface area (Å²) in [5.41, 5.74) is 3.04. The van der Waals surface area contributed by atoms with Crippen LogP contribution in [0.4, 0.5) is 0 Å². The standard InChI is InChI=1S/C11H12ClNO/c1-2-3-7-6-13-11(12)8-4-5-9(14)10(7)8/h2,6,9,14H,1,3-5H2. The number of fused-ring (bicyclic) bond motifs is 1. The SMILES string of the molecule is C=CCc1cnc(Cl)c2c1C(O)CC2. The zero-order valence-corrected chi connectivity index (χ0v) is 8.59. The lowest BCUT2D eigenvalue weighted by molar-refractivity contribution is 0.179. The molecule has 0 saturated carbocycles. The molecule has 1 atom stereocenters. The van der Waals surface area contributed by atoms with Crippen molar-refractivity contribution >= 4 is 11.6 Å². The van der Waals surface area contributed by atoms with Crippen LogP contribution >= 0.6 is 11.6 Å². The number of hydrogen-bond donors (Lipinski definition) is 1. The molecule has 0 aromatic carbocycles. The minimum absolute atomic E-state index is 0.375. The van der Waals surface area contributed by atoms with E-state index in [9.17, 15) is 5.11 Å². The summed E-state index contributed by atoms with van der Waals surface area (Å²) in [5.74, 6) is 0. The monoisotopic (exact) mass is 209 g/mol. The molecule has 1 aliphatic rings. The van der Waals surface area contributed by atoms with Gasteiger partial charge in [0.05, 0.1) is 6.10 Å². The quantitative estimate of drug-likeness (QED) is 0.600. The minimum atomic E-state index is -0.375. The molecule has 74 valence electrons. The third-order valence-corrected chi connectivity index (χ3v) is 2.94. The van der Waals surface area contributed by atoms with E-state index in [4.69, 9.17) is 11.6 Å². The van der Waals surface area contributed by atoms with Crippen molar-refractivity contribution in [3.05, 3.63) is 40.7 Å². The van der Waals surface area contributed by atoms with E-state index in [-0.39, 0.29) is 6.10 Å². The molecule has 14 heavy (non-hydrogen) atoms. The number of hydrogen-bond acceptors (Lipinski definition) is 2. The second kappa shape index (κ2) is 3.71. The lowest BCUT2D eigenvalue weighted by atomic mass is 10.0. The van der Waals surface area contributed by atoms with Crippen LogP contribution in [0, 0.1) is 0 Å². The van der Waals surface area contributed by atoms with Crippen LogP contribution < -0.4 is 0 Å². The summed E-state index contributed by atoms with van der Waals surface area (Å²) in [6, 6.07) is 0. The first kappa shape index (κ1) is 9.69. The Morgan fingerprint density at radius 1 is 1.71 bits per heavy atom. The van der Waals surface area contributed by atoms with Crippen molar-refractivity contribution in [2.75, 3.05) is 0 Å². The summed E-state index contributed by atoms with van der Waals surface area (Å²) in [5, 5.41) is 10.3. The van der Waals surface area contributed by atoms with Gasteiger partial charge in [0.25, 0.3) is 0 Å². The second-order valence-electron chi connectivity index (χ2n) is 3.51. The Labute approximate surface area is 88.2 Å². The number of rotatable bonds is 2. The van der Waals surface area contributed by atoms with Crippen LogP contribution in [-0.4, -0.2) is 10.1 Å². The smallest absolute Gasteiger partial charge is 0.132 e. The molecule has 2 nitrogen and oxygen atoms in total. The second-order valence-corrected chi connectivity index (χ2v) is 3.87. The van der Waals surface area contributed by atoms with Crippen molar-refractivity contribution in [2.45, 2.75) is 25.4 Å². The van der Waals surface area contributed by atoms with E-state index in [1.54, 1.807) is 6.20 Å². The van der Waals surface area contributed by atoms with Crippen LogP contribution in [0.15, 0.2) is 18.9 Å². The van der Waals surface area contributed by atoms with Crippen molar-refractivity contribution in [1.82, 2.24) is 4.98 Å². The maximum atomic E-state index is 9.79. The first-order valence-electron chi connectivity index (χ1n) is 4.69. The summed E-state index contributed by atoms with van der Waals surface area (Å²) in [6.45, 7) is 3.69. The Morgan fingerprint density at radius 2 is 2.50 bits per heavy atom. The zero-order valence-electron chi connectivity index (χ0n) is 7.83. The molecule has 3 heteroatoms. The van der Waals surface area contributed by atoms with Gasteiger partial charge in [-0.2, -0.15) is 0 Å². The number of aliphatic hydroxyl groups excluding tert-OH is 1. The maximum absolute atomic E-state index is 9.79. The summed E-state index contributed by atoms with van der Waals surface area (Å²) in [7, 11) is 0. The van der Waals surface area contributed by atoms with Gasteiger partial charge in [-0.15, -0.1) is 6.58 Å². The lowest BCUT2D eigenvalue weighted by Gasteiger charge is -2.10. The fourth-order valence-corrected chi connectivity index (χ4v) is 2.23. The van der Waals surface area contributed by atoms with Crippen LogP contribution in [0.25, 0.3) is 0 Å². The van der Waals surface area contributed by atoms with Crippen LogP contribution in [0.1, 0.15) is 29.2 Å². The number of nitrogens with zero attached hydrogens (tertiary/aromatic N) is 1. The first-order valence-corrected chi connectivity index (χ1v) is 5.07. The van der Waals surface area contributed by atoms with E-state index in [1.807, 2.05) is 6.08 Å². The normalized spacial score (nSPS) is 19.4. The Balaban J connectivity index is 2.54. The fourth-order valence-electron chi connectivity index (χ4n) is 1.98. The Bertz CT molecular complexity index is 376. The predicted octanol–water partition coefficient (Wildman–Crippen LogP) is 2.44. The average molecular weight is 210 g/mol. The molecule has 1 N–H and O–H groups in total. The van der Waals surface area contributed by atoms with Crippen LogP contribution in [-0.2, 0) is 12.8 Å². The zero-order chi connectivity index (χ0) is 10.1. The molecule has 0 aliphatic heterocycles. The van der Waals surface area contributed by atoms with E-state index in [0.717, 1.165) is 36.0 Å². The van der Waals surface area contributed by atoms with E-state index in [2.05, 4.69) is 11.6 Å². The summed E-state index contributed by atoms with van der Waals surface area (Å²) >= 11 is 5.96. The third kappa shape index (κ3) is 1.45. The van der Waals surface area contributed by atoms with Gasteiger partial charge in [0.1, 0.15) is 5.15 Å². The first-order chi connectivity index (χ1) is 6.74. The molecule has 0 radical (unpaired) electrons. The number of allylic oxidation sites excluding steroid dienone is 1. The van der Waals surface area contributed by atoms with Gasteiger partial charge in [-0.25, -0.2) is 4.98 Å². The molecule has 0 bridgehead atoms. The minimum Gasteiger partial charge on any atom is -0.388 e. The van der Waals surface area contributed by atoms with Crippen LogP contribution in [0.3, 0.4) is 0 Å². The number of halogens is 1. The average Bonchev–Trinajstić information content (AvgIpc) is 2.55. The third-order valence-electron chi connectivity index (χ3n) is 2.62. The lowest BCUT2D eigenvalue weighted by Crippen LogP contribution is -1.99. The summed E-state index contributed by atoms with van der Waals surface area (Å²) in [6.07, 6.45) is 5.50. The van der Waals surface area contributed by atoms with Gasteiger partial charge < -0.3 is 5.11 Å². The molecular weight excluding hydrogens is 198 g/mol. The number of aliphatic hydroxyl groups is 1. The van der Waals surface area contributed by atoms with Crippen molar-refractivity contribution in [1.29, 1.82) is 0 Å². The predicted molar refractivity (Wildman–Crippen MR) is 56.4 cm³/mol. The van der Waals surface area contributed by atoms with Crippen molar-refractivity contribution < 1.29 is 5.11 Å². The number of pyridine rings is 1. The van der Waals surface area contributed by atoms with Crippen molar-refractivity contribution in [3.8, 4) is 0 Å². The Morgan fingerprint density at radius 3 is 3.21 bits per heavy atom. The van der Waals surface area contributed by atoms with Crippen LogP contribution in [0.2, 0.25) is 5.15 Å². The summed E-state index contributed by atoms with van der Waals surface area (Å²) < 4.78 is 0. The van der Waals surface area contributed by atoms with Crippen molar-refractivity contribution in [2.24, 2.45) is 0 Å².